The fourth-order valence-electron chi connectivity index (χ4n) is 2.77. The molecule has 0 saturated carbocycles. The van der Waals surface area contributed by atoms with Crippen LogP contribution in [0.3, 0.4) is 0 Å². The summed E-state index contributed by atoms with van der Waals surface area (Å²) in [5.41, 5.74) is 4.25. The van der Waals surface area contributed by atoms with Gasteiger partial charge in [0, 0.05) is 29.0 Å². The lowest BCUT2D eigenvalue weighted by molar-refractivity contribution is 0.221. The summed E-state index contributed by atoms with van der Waals surface area (Å²) in [5.74, 6) is 0.763. The number of aromatic nitrogens is 2. The fraction of sp³-hybridized carbons (Fsp3) is 0.600. The van der Waals surface area contributed by atoms with Crippen molar-refractivity contribution in [3.05, 3.63) is 32.2 Å². The van der Waals surface area contributed by atoms with E-state index in [-0.39, 0.29) is 0 Å². The quantitative estimate of drug-likeness (QED) is 0.888. The van der Waals surface area contributed by atoms with Crippen molar-refractivity contribution in [2.45, 2.75) is 33.4 Å². The molecule has 1 saturated heterocycles. The van der Waals surface area contributed by atoms with Gasteiger partial charge in [-0.2, -0.15) is 0 Å². The minimum Gasteiger partial charge on any atom is -0.316 e. The molecule has 3 rings (SSSR count). The SMILES string of the molecule is Cc1csc(CN(Cc2scnc2C)CC2CCNC2)n1. The Morgan fingerprint density at radius 1 is 1.33 bits per heavy atom. The van der Waals surface area contributed by atoms with Gasteiger partial charge in [0.2, 0.25) is 0 Å². The van der Waals surface area contributed by atoms with Gasteiger partial charge in [0.05, 0.1) is 17.7 Å². The van der Waals surface area contributed by atoms with Crippen LogP contribution < -0.4 is 5.32 Å². The van der Waals surface area contributed by atoms with Crippen molar-refractivity contribution in [3.63, 3.8) is 0 Å². The number of nitrogens with one attached hydrogen (secondary N) is 1. The summed E-state index contributed by atoms with van der Waals surface area (Å²) in [4.78, 5) is 12.9. The van der Waals surface area contributed by atoms with E-state index in [1.807, 2.05) is 5.51 Å². The highest BCUT2D eigenvalue weighted by Crippen LogP contribution is 2.21. The highest BCUT2D eigenvalue weighted by molar-refractivity contribution is 7.10. The first-order chi connectivity index (χ1) is 10.2. The second-order valence-corrected chi connectivity index (χ2v) is 7.65. The molecule has 1 N–H and O–H groups in total. The van der Waals surface area contributed by atoms with Crippen LogP contribution in [0.2, 0.25) is 0 Å². The normalized spacial score (nSPS) is 18.7. The molecule has 1 fully saturated rings. The van der Waals surface area contributed by atoms with Crippen molar-refractivity contribution in [3.8, 4) is 0 Å². The van der Waals surface area contributed by atoms with Gasteiger partial charge in [0.25, 0.3) is 0 Å². The van der Waals surface area contributed by atoms with Crippen LogP contribution in [0.4, 0.5) is 0 Å². The van der Waals surface area contributed by atoms with Crippen LogP contribution in [-0.2, 0) is 13.1 Å². The molecule has 1 unspecified atom stereocenters. The number of rotatable bonds is 6. The number of hydrogen-bond acceptors (Lipinski definition) is 6. The second-order valence-electron chi connectivity index (χ2n) is 5.77. The molecule has 2 aromatic rings. The zero-order chi connectivity index (χ0) is 14.7. The summed E-state index contributed by atoms with van der Waals surface area (Å²) in [6.07, 6.45) is 1.29. The second kappa shape index (κ2) is 6.96. The van der Waals surface area contributed by atoms with Crippen molar-refractivity contribution in [1.29, 1.82) is 0 Å². The van der Waals surface area contributed by atoms with E-state index in [0.29, 0.717) is 0 Å². The Kier molecular flexibility index (Phi) is 5.00. The van der Waals surface area contributed by atoms with Gasteiger partial charge in [-0.25, -0.2) is 9.97 Å². The van der Waals surface area contributed by atoms with E-state index in [0.717, 1.165) is 44.3 Å². The fourth-order valence-corrected chi connectivity index (χ4v) is 4.40. The van der Waals surface area contributed by atoms with Gasteiger partial charge in [0.1, 0.15) is 5.01 Å². The average molecular weight is 323 g/mol. The first-order valence-electron chi connectivity index (χ1n) is 7.43. The molecule has 0 radical (unpaired) electrons. The lowest BCUT2D eigenvalue weighted by atomic mass is 10.1. The molecule has 4 nitrogen and oxygen atoms in total. The first kappa shape index (κ1) is 15.1. The molecule has 3 heterocycles. The number of thiazole rings is 2. The van der Waals surface area contributed by atoms with Gasteiger partial charge < -0.3 is 5.32 Å². The van der Waals surface area contributed by atoms with Gasteiger partial charge in [-0.05, 0) is 39.3 Å². The predicted octanol–water partition coefficient (Wildman–Crippen LogP) is 2.83. The molecular formula is C15H22N4S2. The van der Waals surface area contributed by atoms with Gasteiger partial charge >= 0.3 is 0 Å². The van der Waals surface area contributed by atoms with Gasteiger partial charge in [-0.3, -0.25) is 4.90 Å². The summed E-state index contributed by atoms with van der Waals surface area (Å²) in [5, 5.41) is 6.83. The van der Waals surface area contributed by atoms with Crippen LogP contribution in [0.25, 0.3) is 0 Å². The van der Waals surface area contributed by atoms with E-state index in [1.54, 1.807) is 22.7 Å². The molecule has 0 amide bonds. The molecule has 0 aliphatic carbocycles. The third-order valence-corrected chi connectivity index (χ3v) is 5.79. The Morgan fingerprint density at radius 2 is 2.24 bits per heavy atom. The maximum atomic E-state index is 4.63. The minimum atomic E-state index is 0.763. The maximum Gasteiger partial charge on any atom is 0.107 e. The minimum absolute atomic E-state index is 0.763. The summed E-state index contributed by atoms with van der Waals surface area (Å²) in [6, 6.07) is 0. The Labute approximate surface area is 134 Å². The summed E-state index contributed by atoms with van der Waals surface area (Å²) >= 11 is 3.54. The Morgan fingerprint density at radius 3 is 2.86 bits per heavy atom. The molecule has 6 heteroatoms. The van der Waals surface area contributed by atoms with Gasteiger partial charge in [0.15, 0.2) is 0 Å². The number of aryl methyl sites for hydroxylation is 2. The number of hydrogen-bond donors (Lipinski definition) is 1. The zero-order valence-corrected chi connectivity index (χ0v) is 14.3. The highest BCUT2D eigenvalue weighted by Gasteiger charge is 2.20. The molecule has 21 heavy (non-hydrogen) atoms. The summed E-state index contributed by atoms with van der Waals surface area (Å²) in [6.45, 7) is 9.57. The van der Waals surface area contributed by atoms with Crippen LogP contribution in [0.5, 0.6) is 0 Å². The van der Waals surface area contributed by atoms with E-state index in [1.165, 1.54) is 22.0 Å². The van der Waals surface area contributed by atoms with E-state index in [4.69, 9.17) is 0 Å². The Balaban J connectivity index is 1.68. The first-order valence-corrected chi connectivity index (χ1v) is 9.19. The molecule has 0 aromatic carbocycles. The Hall–Kier alpha value is -0.820. The van der Waals surface area contributed by atoms with Crippen molar-refractivity contribution >= 4 is 22.7 Å². The highest BCUT2D eigenvalue weighted by atomic mass is 32.1. The van der Waals surface area contributed by atoms with Crippen molar-refractivity contribution < 1.29 is 0 Å². The van der Waals surface area contributed by atoms with E-state index >= 15 is 0 Å². The molecule has 2 aromatic heterocycles. The van der Waals surface area contributed by atoms with Crippen LogP contribution >= 0.6 is 22.7 Å². The summed E-state index contributed by atoms with van der Waals surface area (Å²) in [7, 11) is 0. The van der Waals surface area contributed by atoms with Crippen molar-refractivity contribution in [1.82, 2.24) is 20.2 Å². The predicted molar refractivity (Wildman–Crippen MR) is 88.8 cm³/mol. The third kappa shape index (κ3) is 4.10. The maximum absolute atomic E-state index is 4.63. The van der Waals surface area contributed by atoms with Crippen LogP contribution in [-0.4, -0.2) is 34.5 Å². The third-order valence-electron chi connectivity index (χ3n) is 3.92. The monoisotopic (exact) mass is 322 g/mol. The molecule has 1 aliphatic rings. The van der Waals surface area contributed by atoms with Crippen LogP contribution in [0, 0.1) is 19.8 Å². The lowest BCUT2D eigenvalue weighted by Crippen LogP contribution is -2.29. The molecule has 0 bridgehead atoms. The topological polar surface area (TPSA) is 41.1 Å². The lowest BCUT2D eigenvalue weighted by Gasteiger charge is -2.24. The van der Waals surface area contributed by atoms with Crippen LogP contribution in [0.15, 0.2) is 10.9 Å². The van der Waals surface area contributed by atoms with E-state index in [2.05, 4.69) is 39.4 Å². The molecule has 114 valence electrons. The van der Waals surface area contributed by atoms with E-state index in [9.17, 15) is 0 Å². The number of nitrogens with zero attached hydrogens (tertiary/aromatic N) is 3. The van der Waals surface area contributed by atoms with Gasteiger partial charge in [-0.15, -0.1) is 22.7 Å². The van der Waals surface area contributed by atoms with Crippen molar-refractivity contribution in [2.75, 3.05) is 19.6 Å². The van der Waals surface area contributed by atoms with E-state index < -0.39 is 0 Å². The van der Waals surface area contributed by atoms with Crippen molar-refractivity contribution in [2.24, 2.45) is 5.92 Å². The average Bonchev–Trinajstić information content (AvgIpc) is 3.16. The smallest absolute Gasteiger partial charge is 0.107 e. The molecule has 1 aliphatic heterocycles. The van der Waals surface area contributed by atoms with Crippen LogP contribution in [0.1, 0.15) is 27.7 Å². The molecule has 0 spiro atoms. The molecular weight excluding hydrogens is 300 g/mol. The Bertz CT molecular complexity index is 572. The largest absolute Gasteiger partial charge is 0.316 e. The standard InChI is InChI=1S/C15H22N4S2/c1-11-9-20-15(18-11)8-19(6-13-3-4-16-5-13)7-14-12(2)17-10-21-14/h9-10,13,16H,3-8H2,1-2H3. The van der Waals surface area contributed by atoms with Gasteiger partial charge in [-0.1, -0.05) is 0 Å². The summed E-state index contributed by atoms with van der Waals surface area (Å²) < 4.78 is 0. The molecule has 1 atom stereocenters. The zero-order valence-electron chi connectivity index (χ0n) is 12.6.